The predicted octanol–water partition coefficient (Wildman–Crippen LogP) is 1.31. The van der Waals surface area contributed by atoms with Gasteiger partial charge in [-0.1, -0.05) is 24.3 Å². The third kappa shape index (κ3) is 6.05. The second-order valence-corrected chi connectivity index (χ2v) is 7.31. The molecule has 7 nitrogen and oxygen atoms in total. The van der Waals surface area contributed by atoms with Crippen molar-refractivity contribution in [1.29, 1.82) is 0 Å². The average Bonchev–Trinajstić information content (AvgIpc) is 2.70. The van der Waals surface area contributed by atoms with Gasteiger partial charge in [-0.25, -0.2) is 13.1 Å². The van der Waals surface area contributed by atoms with Gasteiger partial charge in [0.1, 0.15) is 0 Å². The molecule has 0 aliphatic carbocycles. The predicted molar refractivity (Wildman–Crippen MR) is 103 cm³/mol. The van der Waals surface area contributed by atoms with Gasteiger partial charge < -0.3 is 10.6 Å². The molecular weight excluding hydrogens is 366 g/mol. The van der Waals surface area contributed by atoms with Crippen LogP contribution in [-0.2, 0) is 10.0 Å². The number of benzene rings is 2. The molecule has 0 fully saturated rings. The number of amides is 2. The van der Waals surface area contributed by atoms with Crippen molar-refractivity contribution < 1.29 is 18.0 Å². The summed E-state index contributed by atoms with van der Waals surface area (Å²) in [7, 11) is -3.62. The first-order valence-electron chi connectivity index (χ1n) is 8.26. The summed E-state index contributed by atoms with van der Waals surface area (Å²) in [6.45, 7) is 4.10. The molecule has 0 aliphatic heterocycles. The normalized spacial score (nSPS) is 10.8. The highest BCUT2D eigenvalue weighted by atomic mass is 32.2. The molecule has 2 aromatic carbocycles. The van der Waals surface area contributed by atoms with Gasteiger partial charge in [0.2, 0.25) is 10.0 Å². The van der Waals surface area contributed by atoms with Crippen LogP contribution in [-0.4, -0.2) is 39.9 Å². The van der Waals surface area contributed by atoms with Crippen molar-refractivity contribution in [3.8, 4) is 0 Å². The van der Waals surface area contributed by atoms with Crippen molar-refractivity contribution in [1.82, 2.24) is 15.4 Å². The maximum atomic E-state index is 12.1. The lowest BCUT2D eigenvalue weighted by Gasteiger charge is -2.08. The fraction of sp³-hybridized carbons (Fsp3) is 0.158. The number of rotatable bonds is 9. The Morgan fingerprint density at radius 3 is 1.89 bits per heavy atom. The Balaban J connectivity index is 1.82. The van der Waals surface area contributed by atoms with E-state index in [-0.39, 0.29) is 36.3 Å². The van der Waals surface area contributed by atoms with E-state index in [0.29, 0.717) is 11.1 Å². The molecular formula is C19H21N3O4S. The molecule has 0 saturated carbocycles. The largest absolute Gasteiger partial charge is 0.350 e. The molecule has 3 N–H and O–H groups in total. The maximum absolute atomic E-state index is 12.1. The Bertz CT molecular complexity index is 894. The summed E-state index contributed by atoms with van der Waals surface area (Å²) in [5.41, 5.74) is 0.873. The van der Waals surface area contributed by atoms with Gasteiger partial charge in [-0.2, -0.15) is 0 Å². The van der Waals surface area contributed by atoms with E-state index in [2.05, 4.69) is 21.9 Å². The van der Waals surface area contributed by atoms with Crippen LogP contribution in [0.15, 0.2) is 72.1 Å². The van der Waals surface area contributed by atoms with Crippen LogP contribution in [0.2, 0.25) is 0 Å². The van der Waals surface area contributed by atoms with E-state index in [1.807, 2.05) is 6.07 Å². The molecule has 0 heterocycles. The van der Waals surface area contributed by atoms with Gasteiger partial charge in [0.25, 0.3) is 11.8 Å². The monoisotopic (exact) mass is 387 g/mol. The molecule has 0 unspecified atom stereocenters. The summed E-state index contributed by atoms with van der Waals surface area (Å²) < 4.78 is 26.3. The van der Waals surface area contributed by atoms with Gasteiger partial charge in [0, 0.05) is 30.8 Å². The van der Waals surface area contributed by atoms with Crippen LogP contribution < -0.4 is 15.4 Å². The van der Waals surface area contributed by atoms with E-state index in [9.17, 15) is 18.0 Å². The van der Waals surface area contributed by atoms with Crippen molar-refractivity contribution in [2.24, 2.45) is 0 Å². The minimum atomic E-state index is -3.62. The molecule has 0 spiro atoms. The number of carbonyl (C=O) groups is 2. The summed E-state index contributed by atoms with van der Waals surface area (Å²) in [5, 5.41) is 5.37. The standard InChI is InChI=1S/C19H21N3O4S/c1-2-12-22-27(25,26)17-10-8-16(9-11-17)19(24)21-14-13-20-18(23)15-6-4-3-5-7-15/h2-11,22H,1,12-14H2,(H,20,23)(H,21,24). The summed E-state index contributed by atoms with van der Waals surface area (Å²) in [4.78, 5) is 24.0. The Hall–Kier alpha value is -2.97. The Labute approximate surface area is 158 Å². The maximum Gasteiger partial charge on any atom is 0.251 e. The molecule has 0 aromatic heterocycles. The second-order valence-electron chi connectivity index (χ2n) is 5.54. The summed E-state index contributed by atoms with van der Waals surface area (Å²) >= 11 is 0. The van der Waals surface area contributed by atoms with E-state index in [0.717, 1.165) is 0 Å². The van der Waals surface area contributed by atoms with Crippen molar-refractivity contribution in [2.45, 2.75) is 4.90 Å². The summed E-state index contributed by atoms with van der Waals surface area (Å²) in [5.74, 6) is -0.571. The number of sulfonamides is 1. The SMILES string of the molecule is C=CCNS(=O)(=O)c1ccc(C(=O)NCCNC(=O)c2ccccc2)cc1. The molecule has 0 saturated heterocycles. The van der Waals surface area contributed by atoms with Gasteiger partial charge >= 0.3 is 0 Å². The topological polar surface area (TPSA) is 104 Å². The molecule has 8 heteroatoms. The number of hydrogen-bond acceptors (Lipinski definition) is 4. The minimum absolute atomic E-state index is 0.0658. The molecule has 0 aliphatic rings. The molecule has 2 aromatic rings. The van der Waals surface area contributed by atoms with Gasteiger partial charge in [-0.3, -0.25) is 9.59 Å². The highest BCUT2D eigenvalue weighted by molar-refractivity contribution is 7.89. The Morgan fingerprint density at radius 1 is 0.852 bits per heavy atom. The Kier molecular flexibility index (Phi) is 7.27. The van der Waals surface area contributed by atoms with Crippen LogP contribution in [0.3, 0.4) is 0 Å². The van der Waals surface area contributed by atoms with Gasteiger partial charge in [0.15, 0.2) is 0 Å². The molecule has 142 valence electrons. The van der Waals surface area contributed by atoms with Gasteiger partial charge in [0.05, 0.1) is 4.90 Å². The number of nitrogens with one attached hydrogen (secondary N) is 3. The van der Waals surface area contributed by atoms with Crippen molar-refractivity contribution >= 4 is 21.8 Å². The Morgan fingerprint density at radius 2 is 1.37 bits per heavy atom. The third-order valence-corrected chi connectivity index (χ3v) is 5.02. The number of carbonyl (C=O) groups excluding carboxylic acids is 2. The number of hydrogen-bond donors (Lipinski definition) is 3. The fourth-order valence-corrected chi connectivity index (χ4v) is 3.18. The van der Waals surface area contributed by atoms with E-state index in [4.69, 9.17) is 0 Å². The van der Waals surface area contributed by atoms with E-state index >= 15 is 0 Å². The van der Waals surface area contributed by atoms with Crippen LogP contribution in [0.5, 0.6) is 0 Å². The van der Waals surface area contributed by atoms with Crippen LogP contribution in [0.25, 0.3) is 0 Å². The van der Waals surface area contributed by atoms with Gasteiger partial charge in [-0.05, 0) is 36.4 Å². The van der Waals surface area contributed by atoms with Crippen molar-refractivity contribution in [3.05, 3.63) is 78.4 Å². The smallest absolute Gasteiger partial charge is 0.251 e. The quantitative estimate of drug-likeness (QED) is 0.446. The summed E-state index contributed by atoms with van der Waals surface area (Å²) in [6.07, 6.45) is 1.44. The van der Waals surface area contributed by atoms with E-state index < -0.39 is 10.0 Å². The molecule has 0 bridgehead atoms. The zero-order chi connectivity index (χ0) is 19.7. The lowest BCUT2D eigenvalue weighted by Crippen LogP contribution is -2.34. The zero-order valence-electron chi connectivity index (χ0n) is 14.6. The van der Waals surface area contributed by atoms with E-state index in [1.54, 1.807) is 24.3 Å². The van der Waals surface area contributed by atoms with Crippen LogP contribution in [0.4, 0.5) is 0 Å². The van der Waals surface area contributed by atoms with Crippen LogP contribution >= 0.6 is 0 Å². The highest BCUT2D eigenvalue weighted by Gasteiger charge is 2.13. The second kappa shape index (κ2) is 9.65. The first kappa shape index (κ1) is 20.3. The van der Waals surface area contributed by atoms with E-state index in [1.165, 1.54) is 30.3 Å². The van der Waals surface area contributed by atoms with Gasteiger partial charge in [-0.15, -0.1) is 6.58 Å². The van der Waals surface area contributed by atoms with Crippen molar-refractivity contribution in [2.75, 3.05) is 19.6 Å². The first-order valence-corrected chi connectivity index (χ1v) is 9.74. The van der Waals surface area contributed by atoms with Crippen molar-refractivity contribution in [3.63, 3.8) is 0 Å². The van der Waals surface area contributed by atoms with Crippen LogP contribution in [0, 0.1) is 0 Å². The molecule has 2 amide bonds. The minimum Gasteiger partial charge on any atom is -0.350 e. The molecule has 27 heavy (non-hydrogen) atoms. The zero-order valence-corrected chi connectivity index (χ0v) is 15.5. The van der Waals surface area contributed by atoms with Crippen LogP contribution in [0.1, 0.15) is 20.7 Å². The first-order chi connectivity index (χ1) is 12.9. The highest BCUT2D eigenvalue weighted by Crippen LogP contribution is 2.10. The lowest BCUT2D eigenvalue weighted by molar-refractivity contribution is 0.0927. The molecule has 2 rings (SSSR count). The summed E-state index contributed by atoms with van der Waals surface area (Å²) in [6, 6.07) is 14.3. The molecule has 0 atom stereocenters. The third-order valence-electron chi connectivity index (χ3n) is 3.58. The molecule has 0 radical (unpaired) electrons. The lowest BCUT2D eigenvalue weighted by atomic mass is 10.2. The average molecular weight is 387 g/mol. The fourth-order valence-electron chi connectivity index (χ4n) is 2.18.